The molecule has 1 unspecified atom stereocenters. The van der Waals surface area contributed by atoms with Gasteiger partial charge in [-0.25, -0.2) is 0 Å². The maximum atomic E-state index is 11.9. The number of benzene rings is 1. The van der Waals surface area contributed by atoms with Crippen LogP contribution in [0.5, 0.6) is 0 Å². The number of amides is 1. The monoisotopic (exact) mass is 316 g/mol. The molecule has 2 aromatic rings. The topological polar surface area (TPSA) is 58.9 Å². The molecule has 2 rings (SSSR count). The van der Waals surface area contributed by atoms with Crippen LogP contribution in [0, 0.1) is 0 Å². The normalized spacial score (nSPS) is 11.8. The fourth-order valence-electron chi connectivity index (χ4n) is 2.01. The first-order valence-electron chi connectivity index (χ1n) is 7.20. The van der Waals surface area contributed by atoms with Crippen LogP contribution >= 0.6 is 12.2 Å². The average Bonchev–Trinajstić information content (AvgIpc) is 2.94. The maximum absolute atomic E-state index is 11.9. The van der Waals surface area contributed by atoms with Crippen molar-refractivity contribution in [2.24, 2.45) is 7.05 Å². The van der Waals surface area contributed by atoms with E-state index in [1.165, 1.54) is 11.8 Å². The molecular weight excluding hydrogens is 296 g/mol. The number of anilines is 1. The van der Waals surface area contributed by atoms with Crippen molar-refractivity contribution in [1.29, 1.82) is 0 Å². The average molecular weight is 316 g/mol. The fourth-order valence-corrected chi connectivity index (χ4v) is 2.22. The minimum Gasteiger partial charge on any atom is -0.332 e. The third kappa shape index (κ3) is 4.14. The van der Waals surface area contributed by atoms with Crippen LogP contribution in [0.25, 0.3) is 0 Å². The molecule has 0 spiro atoms. The Balaban J connectivity index is 1.93. The Morgan fingerprint density at radius 2 is 2.05 bits per heavy atom. The number of hydrogen-bond acceptors (Lipinski definition) is 3. The predicted octanol–water partition coefficient (Wildman–Crippen LogP) is 3.06. The second-order valence-electron chi connectivity index (χ2n) is 5.24. The molecule has 116 valence electrons. The Hall–Kier alpha value is -2.21. The summed E-state index contributed by atoms with van der Waals surface area (Å²) in [5.41, 5.74) is 2.61. The minimum atomic E-state index is -0.276. The third-order valence-electron chi connectivity index (χ3n) is 3.54. The van der Waals surface area contributed by atoms with E-state index >= 15 is 0 Å². The standard InChI is InChI=1S/C16H20N4OS/c1-4-11(2)12-5-7-14(8-6-12)18-16(22)19-15(21)13-9-17-20(3)10-13/h5-11H,4H2,1-3H3,(H2,18,19,21,22). The Labute approximate surface area is 135 Å². The lowest BCUT2D eigenvalue weighted by Gasteiger charge is -2.12. The van der Waals surface area contributed by atoms with E-state index in [-0.39, 0.29) is 11.0 Å². The van der Waals surface area contributed by atoms with Crippen LogP contribution in [0.2, 0.25) is 0 Å². The zero-order valence-corrected chi connectivity index (χ0v) is 13.8. The highest BCUT2D eigenvalue weighted by atomic mass is 32.1. The van der Waals surface area contributed by atoms with Gasteiger partial charge in [0, 0.05) is 18.9 Å². The van der Waals surface area contributed by atoms with Gasteiger partial charge in [-0.2, -0.15) is 5.10 Å². The highest BCUT2D eigenvalue weighted by Crippen LogP contribution is 2.20. The molecule has 1 aromatic heterocycles. The molecule has 0 aliphatic carbocycles. The molecule has 0 fully saturated rings. The van der Waals surface area contributed by atoms with Crippen molar-refractivity contribution in [1.82, 2.24) is 15.1 Å². The van der Waals surface area contributed by atoms with E-state index < -0.39 is 0 Å². The van der Waals surface area contributed by atoms with Crippen LogP contribution in [0.3, 0.4) is 0 Å². The number of hydrogen-bond donors (Lipinski definition) is 2. The van der Waals surface area contributed by atoms with Crippen molar-refractivity contribution in [3.8, 4) is 0 Å². The van der Waals surface area contributed by atoms with Gasteiger partial charge in [0.2, 0.25) is 0 Å². The molecule has 0 saturated heterocycles. The Bertz CT molecular complexity index is 663. The van der Waals surface area contributed by atoms with Crippen molar-refractivity contribution < 1.29 is 4.79 Å². The van der Waals surface area contributed by atoms with Crippen LogP contribution in [0.15, 0.2) is 36.7 Å². The molecule has 1 atom stereocenters. The van der Waals surface area contributed by atoms with Crippen LogP contribution in [0.1, 0.15) is 42.1 Å². The van der Waals surface area contributed by atoms with Crippen LogP contribution in [-0.2, 0) is 7.05 Å². The van der Waals surface area contributed by atoms with Gasteiger partial charge in [0.1, 0.15) is 0 Å². The molecule has 0 saturated carbocycles. The first-order chi connectivity index (χ1) is 10.5. The van der Waals surface area contributed by atoms with Gasteiger partial charge in [-0.05, 0) is 42.3 Å². The second-order valence-corrected chi connectivity index (χ2v) is 5.65. The molecule has 2 N–H and O–H groups in total. The van der Waals surface area contributed by atoms with Gasteiger partial charge in [-0.3, -0.25) is 14.8 Å². The fraction of sp³-hybridized carbons (Fsp3) is 0.312. The molecule has 1 heterocycles. The van der Waals surface area contributed by atoms with E-state index in [1.54, 1.807) is 17.9 Å². The van der Waals surface area contributed by atoms with Crippen molar-refractivity contribution in [3.05, 3.63) is 47.8 Å². The highest BCUT2D eigenvalue weighted by molar-refractivity contribution is 7.80. The Kier molecular flexibility index (Phi) is 5.27. The zero-order chi connectivity index (χ0) is 16.1. The van der Waals surface area contributed by atoms with E-state index in [2.05, 4.69) is 41.7 Å². The molecule has 0 radical (unpaired) electrons. The number of aryl methyl sites for hydroxylation is 1. The summed E-state index contributed by atoms with van der Waals surface area (Å²) in [5.74, 6) is 0.258. The maximum Gasteiger partial charge on any atom is 0.260 e. The van der Waals surface area contributed by atoms with E-state index in [9.17, 15) is 4.79 Å². The molecular formula is C16H20N4OS. The minimum absolute atomic E-state index is 0.269. The lowest BCUT2D eigenvalue weighted by Crippen LogP contribution is -2.33. The van der Waals surface area contributed by atoms with Gasteiger partial charge in [0.05, 0.1) is 11.8 Å². The molecule has 0 aliphatic rings. The number of thiocarbonyl (C=S) groups is 1. The largest absolute Gasteiger partial charge is 0.332 e. The van der Waals surface area contributed by atoms with E-state index in [0.717, 1.165) is 12.1 Å². The quantitative estimate of drug-likeness (QED) is 0.851. The third-order valence-corrected chi connectivity index (χ3v) is 3.75. The Morgan fingerprint density at radius 1 is 1.36 bits per heavy atom. The smallest absolute Gasteiger partial charge is 0.260 e. The van der Waals surface area contributed by atoms with E-state index in [0.29, 0.717) is 11.5 Å². The summed E-state index contributed by atoms with van der Waals surface area (Å²) in [6.45, 7) is 4.36. The first-order valence-corrected chi connectivity index (χ1v) is 7.61. The van der Waals surface area contributed by atoms with Gasteiger partial charge in [0.15, 0.2) is 5.11 Å². The highest BCUT2D eigenvalue weighted by Gasteiger charge is 2.10. The van der Waals surface area contributed by atoms with Gasteiger partial charge < -0.3 is 5.32 Å². The lowest BCUT2D eigenvalue weighted by molar-refractivity contribution is 0.0977. The number of nitrogens with zero attached hydrogens (tertiary/aromatic N) is 2. The Morgan fingerprint density at radius 3 is 2.59 bits per heavy atom. The molecule has 1 aromatic carbocycles. The predicted molar refractivity (Wildman–Crippen MR) is 92.0 cm³/mol. The summed E-state index contributed by atoms with van der Waals surface area (Å²) in [6, 6.07) is 8.07. The van der Waals surface area contributed by atoms with E-state index in [1.807, 2.05) is 12.1 Å². The molecule has 5 nitrogen and oxygen atoms in total. The van der Waals surface area contributed by atoms with Gasteiger partial charge in [-0.15, -0.1) is 0 Å². The van der Waals surface area contributed by atoms with Gasteiger partial charge >= 0.3 is 0 Å². The lowest BCUT2D eigenvalue weighted by atomic mass is 9.99. The second kappa shape index (κ2) is 7.17. The number of nitrogens with one attached hydrogen (secondary N) is 2. The van der Waals surface area contributed by atoms with Crippen molar-refractivity contribution >= 4 is 28.9 Å². The molecule has 0 bridgehead atoms. The van der Waals surface area contributed by atoms with Gasteiger partial charge in [-0.1, -0.05) is 26.0 Å². The van der Waals surface area contributed by atoms with E-state index in [4.69, 9.17) is 12.2 Å². The van der Waals surface area contributed by atoms with Crippen LogP contribution in [-0.4, -0.2) is 20.8 Å². The number of carbonyl (C=O) groups excluding carboxylic acids is 1. The van der Waals surface area contributed by atoms with Crippen molar-refractivity contribution in [3.63, 3.8) is 0 Å². The molecule has 1 amide bonds. The number of carbonyl (C=O) groups is 1. The summed E-state index contributed by atoms with van der Waals surface area (Å²) in [4.78, 5) is 11.9. The summed E-state index contributed by atoms with van der Waals surface area (Å²) < 4.78 is 1.57. The van der Waals surface area contributed by atoms with Crippen LogP contribution in [0.4, 0.5) is 5.69 Å². The summed E-state index contributed by atoms with van der Waals surface area (Å²) in [7, 11) is 1.76. The van der Waals surface area contributed by atoms with Gasteiger partial charge in [0.25, 0.3) is 5.91 Å². The molecule has 22 heavy (non-hydrogen) atoms. The summed E-state index contributed by atoms with van der Waals surface area (Å²) in [6.07, 6.45) is 4.24. The number of rotatable bonds is 4. The first kappa shape index (κ1) is 16.2. The zero-order valence-electron chi connectivity index (χ0n) is 13.0. The number of aromatic nitrogens is 2. The molecule has 0 aliphatic heterocycles. The van der Waals surface area contributed by atoms with Crippen molar-refractivity contribution in [2.45, 2.75) is 26.2 Å². The SMILES string of the molecule is CCC(C)c1ccc(NC(=S)NC(=O)c2cnn(C)c2)cc1. The summed E-state index contributed by atoms with van der Waals surface area (Å²) >= 11 is 5.16. The summed E-state index contributed by atoms with van der Waals surface area (Å²) in [5, 5.41) is 9.86. The van der Waals surface area contributed by atoms with Crippen molar-refractivity contribution in [2.75, 3.05) is 5.32 Å². The van der Waals surface area contributed by atoms with Crippen LogP contribution < -0.4 is 10.6 Å². The molecule has 6 heteroatoms.